The molecule has 21 heavy (non-hydrogen) atoms. The monoisotopic (exact) mass is 298 g/mol. The second kappa shape index (κ2) is 7.47. The van der Waals surface area contributed by atoms with Crippen LogP contribution in [0.1, 0.15) is 29.6 Å². The summed E-state index contributed by atoms with van der Waals surface area (Å²) in [6.07, 6.45) is 2.18. The average molecular weight is 298 g/mol. The number of amides is 1. The molecular weight excluding hydrogens is 278 g/mol. The van der Waals surface area contributed by atoms with Crippen molar-refractivity contribution in [1.82, 2.24) is 10.2 Å². The maximum absolute atomic E-state index is 13.0. The predicted octanol–water partition coefficient (Wildman–Crippen LogP) is 1.54. The Morgan fingerprint density at radius 3 is 2.67 bits per heavy atom. The van der Waals surface area contributed by atoms with Crippen LogP contribution in [0.15, 0.2) is 18.2 Å². The Morgan fingerprint density at radius 2 is 2.00 bits per heavy atom. The Bertz CT molecular complexity index is 489. The van der Waals surface area contributed by atoms with Gasteiger partial charge in [0.25, 0.3) is 5.91 Å². The molecule has 2 rings (SSSR count). The number of carbonyl (C=O) groups is 1. The molecule has 0 unspecified atom stereocenters. The third kappa shape index (κ3) is 4.75. The number of likely N-dealkylation sites (tertiary alicyclic amines) is 1. The smallest absolute Gasteiger partial charge is 0.251 e. The van der Waals surface area contributed by atoms with Crippen LogP contribution in [0.4, 0.5) is 8.78 Å². The van der Waals surface area contributed by atoms with Gasteiger partial charge in [0.1, 0.15) is 0 Å². The van der Waals surface area contributed by atoms with Crippen molar-refractivity contribution in [2.45, 2.75) is 25.4 Å². The van der Waals surface area contributed by atoms with Gasteiger partial charge in [0, 0.05) is 25.2 Å². The van der Waals surface area contributed by atoms with E-state index in [0.717, 1.165) is 51.0 Å². The van der Waals surface area contributed by atoms with Crippen LogP contribution >= 0.6 is 0 Å². The fourth-order valence-corrected chi connectivity index (χ4v) is 2.39. The molecule has 0 radical (unpaired) electrons. The fraction of sp³-hybridized carbons (Fsp3) is 0.533. The second-order valence-corrected chi connectivity index (χ2v) is 5.31. The number of aliphatic hydroxyl groups is 1. The van der Waals surface area contributed by atoms with Crippen LogP contribution in [-0.4, -0.2) is 48.2 Å². The van der Waals surface area contributed by atoms with Crippen LogP contribution < -0.4 is 5.32 Å². The minimum Gasteiger partial charge on any atom is -0.393 e. The maximum Gasteiger partial charge on any atom is 0.251 e. The first-order valence-electron chi connectivity index (χ1n) is 7.20. The zero-order valence-electron chi connectivity index (χ0n) is 11.8. The number of nitrogens with one attached hydrogen (secondary N) is 1. The van der Waals surface area contributed by atoms with E-state index < -0.39 is 17.5 Å². The molecule has 1 amide bonds. The van der Waals surface area contributed by atoms with Crippen molar-refractivity contribution >= 4 is 5.91 Å². The Hall–Kier alpha value is -1.53. The number of carbonyl (C=O) groups excluding carboxylic acids is 1. The van der Waals surface area contributed by atoms with E-state index in [1.54, 1.807) is 0 Å². The normalized spacial score (nSPS) is 16.9. The zero-order valence-corrected chi connectivity index (χ0v) is 11.8. The zero-order chi connectivity index (χ0) is 15.2. The van der Waals surface area contributed by atoms with Crippen LogP contribution in [-0.2, 0) is 0 Å². The van der Waals surface area contributed by atoms with E-state index in [1.165, 1.54) is 6.07 Å². The van der Waals surface area contributed by atoms with Crippen molar-refractivity contribution in [1.29, 1.82) is 0 Å². The molecule has 0 spiro atoms. The van der Waals surface area contributed by atoms with Crippen molar-refractivity contribution < 1.29 is 18.7 Å². The molecule has 0 bridgehead atoms. The predicted molar refractivity (Wildman–Crippen MR) is 75.0 cm³/mol. The molecule has 6 heteroatoms. The van der Waals surface area contributed by atoms with Crippen LogP contribution in [0.2, 0.25) is 0 Å². The second-order valence-electron chi connectivity index (χ2n) is 5.31. The molecular formula is C15H20F2N2O2. The standard InChI is InChI=1S/C15H20F2N2O2/c16-13-3-2-11(10-14(13)17)15(21)18-6-1-7-19-8-4-12(20)5-9-19/h2-3,10,12,20H,1,4-9H2,(H,18,21). The van der Waals surface area contributed by atoms with Gasteiger partial charge in [-0.15, -0.1) is 0 Å². The molecule has 0 saturated carbocycles. The highest BCUT2D eigenvalue weighted by Gasteiger charge is 2.16. The van der Waals surface area contributed by atoms with E-state index in [-0.39, 0.29) is 11.7 Å². The van der Waals surface area contributed by atoms with E-state index in [2.05, 4.69) is 10.2 Å². The van der Waals surface area contributed by atoms with Gasteiger partial charge in [-0.2, -0.15) is 0 Å². The molecule has 1 aromatic rings. The third-order valence-corrected chi connectivity index (χ3v) is 3.68. The van der Waals surface area contributed by atoms with Crippen molar-refractivity contribution in [2.75, 3.05) is 26.2 Å². The SMILES string of the molecule is O=C(NCCCN1CCC(O)CC1)c1ccc(F)c(F)c1. The van der Waals surface area contributed by atoms with E-state index >= 15 is 0 Å². The van der Waals surface area contributed by atoms with Crippen LogP contribution in [0.3, 0.4) is 0 Å². The number of benzene rings is 1. The quantitative estimate of drug-likeness (QED) is 0.811. The molecule has 0 aliphatic carbocycles. The molecule has 116 valence electrons. The lowest BCUT2D eigenvalue weighted by Gasteiger charge is -2.29. The van der Waals surface area contributed by atoms with Crippen molar-refractivity contribution in [3.8, 4) is 0 Å². The third-order valence-electron chi connectivity index (χ3n) is 3.68. The molecule has 2 N–H and O–H groups in total. The van der Waals surface area contributed by atoms with E-state index in [1.807, 2.05) is 0 Å². The highest BCUT2D eigenvalue weighted by atomic mass is 19.2. The summed E-state index contributed by atoms with van der Waals surface area (Å²) < 4.78 is 25.8. The van der Waals surface area contributed by atoms with Crippen molar-refractivity contribution in [2.24, 2.45) is 0 Å². The summed E-state index contributed by atoms with van der Waals surface area (Å²) in [6, 6.07) is 3.11. The lowest BCUT2D eigenvalue weighted by molar-refractivity contribution is 0.0816. The number of halogens is 2. The largest absolute Gasteiger partial charge is 0.393 e. The summed E-state index contributed by atoms with van der Waals surface area (Å²) in [6.45, 7) is 3.08. The molecule has 1 aliphatic rings. The van der Waals surface area contributed by atoms with Crippen LogP contribution in [0, 0.1) is 11.6 Å². The van der Waals surface area contributed by atoms with E-state index in [0.29, 0.717) is 6.54 Å². The summed E-state index contributed by atoms with van der Waals surface area (Å²) >= 11 is 0. The van der Waals surface area contributed by atoms with E-state index in [4.69, 9.17) is 0 Å². The van der Waals surface area contributed by atoms with Crippen molar-refractivity contribution in [3.05, 3.63) is 35.4 Å². The van der Waals surface area contributed by atoms with Gasteiger partial charge in [-0.3, -0.25) is 4.79 Å². The molecule has 1 heterocycles. The molecule has 0 atom stereocenters. The summed E-state index contributed by atoms with van der Waals surface area (Å²) in [4.78, 5) is 14.0. The van der Waals surface area contributed by atoms with Gasteiger partial charge >= 0.3 is 0 Å². The van der Waals surface area contributed by atoms with Gasteiger partial charge < -0.3 is 15.3 Å². The maximum atomic E-state index is 13.0. The van der Waals surface area contributed by atoms with Gasteiger partial charge in [-0.05, 0) is 44.0 Å². The molecule has 0 aromatic heterocycles. The Balaban J connectivity index is 1.68. The van der Waals surface area contributed by atoms with Gasteiger partial charge in [0.15, 0.2) is 11.6 Å². The van der Waals surface area contributed by atoms with E-state index in [9.17, 15) is 18.7 Å². The van der Waals surface area contributed by atoms with Gasteiger partial charge in [-0.25, -0.2) is 8.78 Å². The lowest BCUT2D eigenvalue weighted by atomic mass is 10.1. The van der Waals surface area contributed by atoms with Gasteiger partial charge in [0.05, 0.1) is 6.10 Å². The van der Waals surface area contributed by atoms with Gasteiger partial charge in [-0.1, -0.05) is 0 Å². The number of piperidine rings is 1. The Labute approximate surface area is 122 Å². The Kier molecular flexibility index (Phi) is 5.64. The fourth-order valence-electron chi connectivity index (χ4n) is 2.39. The first kappa shape index (κ1) is 15.9. The lowest BCUT2D eigenvalue weighted by Crippen LogP contribution is -2.37. The first-order chi connectivity index (χ1) is 10.1. The minimum absolute atomic E-state index is 0.120. The summed E-state index contributed by atoms with van der Waals surface area (Å²) in [5, 5.41) is 12.1. The highest BCUT2D eigenvalue weighted by Crippen LogP contribution is 2.10. The number of aliphatic hydroxyl groups excluding tert-OH is 1. The number of hydrogen-bond acceptors (Lipinski definition) is 3. The molecule has 1 saturated heterocycles. The molecule has 1 fully saturated rings. The average Bonchev–Trinajstić information content (AvgIpc) is 2.48. The topological polar surface area (TPSA) is 52.6 Å². The number of nitrogens with zero attached hydrogens (tertiary/aromatic N) is 1. The van der Waals surface area contributed by atoms with Gasteiger partial charge in [0.2, 0.25) is 0 Å². The number of hydrogen-bond donors (Lipinski definition) is 2. The summed E-state index contributed by atoms with van der Waals surface area (Å²) in [5.74, 6) is -2.38. The molecule has 1 aromatic carbocycles. The molecule has 1 aliphatic heterocycles. The highest BCUT2D eigenvalue weighted by molar-refractivity contribution is 5.94. The van der Waals surface area contributed by atoms with Crippen LogP contribution in [0.5, 0.6) is 0 Å². The minimum atomic E-state index is -1.02. The summed E-state index contributed by atoms with van der Waals surface area (Å²) in [5.41, 5.74) is 0.120. The number of rotatable bonds is 5. The van der Waals surface area contributed by atoms with Crippen molar-refractivity contribution in [3.63, 3.8) is 0 Å². The molecule has 4 nitrogen and oxygen atoms in total. The Morgan fingerprint density at radius 1 is 1.29 bits per heavy atom. The first-order valence-corrected chi connectivity index (χ1v) is 7.20. The van der Waals surface area contributed by atoms with Crippen LogP contribution in [0.25, 0.3) is 0 Å². The summed E-state index contributed by atoms with van der Waals surface area (Å²) in [7, 11) is 0.